The summed E-state index contributed by atoms with van der Waals surface area (Å²) in [4.78, 5) is 0. The van der Waals surface area contributed by atoms with Crippen LogP contribution in [-0.2, 0) is 13.6 Å². The van der Waals surface area contributed by atoms with Crippen LogP contribution in [0, 0.1) is 0 Å². The second kappa shape index (κ2) is 4.93. The molecule has 2 rings (SSSR count). The average molecular weight is 300 g/mol. The standard InChI is InChI=1S/C12H12BrClN2/c1-16-6-2-3-10(16)8-15-12-7-9(13)4-5-11(12)14/h2-7,15H,8H2,1H3. The van der Waals surface area contributed by atoms with Crippen molar-refractivity contribution >= 4 is 33.2 Å². The minimum absolute atomic E-state index is 0.734. The van der Waals surface area contributed by atoms with E-state index in [4.69, 9.17) is 11.6 Å². The lowest BCUT2D eigenvalue weighted by Gasteiger charge is -2.09. The van der Waals surface area contributed by atoms with Crippen molar-refractivity contribution in [2.75, 3.05) is 5.32 Å². The van der Waals surface area contributed by atoms with Gasteiger partial charge in [0.05, 0.1) is 17.3 Å². The summed E-state index contributed by atoms with van der Waals surface area (Å²) in [5, 5.41) is 4.05. The van der Waals surface area contributed by atoms with E-state index in [9.17, 15) is 0 Å². The molecule has 0 spiro atoms. The fourth-order valence-electron chi connectivity index (χ4n) is 1.50. The molecule has 0 atom stereocenters. The third-order valence-electron chi connectivity index (χ3n) is 2.44. The van der Waals surface area contributed by atoms with Crippen LogP contribution >= 0.6 is 27.5 Å². The normalized spacial score (nSPS) is 10.4. The second-order valence-electron chi connectivity index (χ2n) is 3.59. The number of rotatable bonds is 3. The highest BCUT2D eigenvalue weighted by Crippen LogP contribution is 2.26. The van der Waals surface area contributed by atoms with Gasteiger partial charge in [0.1, 0.15) is 0 Å². The fourth-order valence-corrected chi connectivity index (χ4v) is 2.04. The molecule has 4 heteroatoms. The van der Waals surface area contributed by atoms with E-state index in [1.165, 1.54) is 5.69 Å². The fraction of sp³-hybridized carbons (Fsp3) is 0.167. The van der Waals surface area contributed by atoms with Gasteiger partial charge in [-0.25, -0.2) is 0 Å². The SMILES string of the molecule is Cn1cccc1CNc1cc(Br)ccc1Cl. The molecule has 84 valence electrons. The maximum Gasteiger partial charge on any atom is 0.0638 e. The molecule has 2 aromatic rings. The Morgan fingerprint density at radius 2 is 2.19 bits per heavy atom. The van der Waals surface area contributed by atoms with E-state index in [1.54, 1.807) is 0 Å². The van der Waals surface area contributed by atoms with E-state index in [0.717, 1.165) is 21.7 Å². The topological polar surface area (TPSA) is 17.0 Å². The van der Waals surface area contributed by atoms with Gasteiger partial charge in [-0.1, -0.05) is 27.5 Å². The van der Waals surface area contributed by atoms with Crippen molar-refractivity contribution in [2.24, 2.45) is 7.05 Å². The summed E-state index contributed by atoms with van der Waals surface area (Å²) in [5.74, 6) is 0. The molecule has 0 radical (unpaired) electrons. The average Bonchev–Trinajstić information content (AvgIpc) is 2.66. The molecule has 0 unspecified atom stereocenters. The molecule has 0 aliphatic rings. The number of hydrogen-bond acceptors (Lipinski definition) is 1. The van der Waals surface area contributed by atoms with Gasteiger partial charge in [-0.15, -0.1) is 0 Å². The lowest BCUT2D eigenvalue weighted by Crippen LogP contribution is -2.04. The van der Waals surface area contributed by atoms with Crippen LogP contribution in [0.2, 0.25) is 5.02 Å². The summed E-state index contributed by atoms with van der Waals surface area (Å²) >= 11 is 9.51. The molecule has 2 nitrogen and oxygen atoms in total. The minimum Gasteiger partial charge on any atom is -0.378 e. The number of nitrogens with one attached hydrogen (secondary N) is 1. The summed E-state index contributed by atoms with van der Waals surface area (Å²) in [6.45, 7) is 0.764. The van der Waals surface area contributed by atoms with E-state index >= 15 is 0 Å². The third kappa shape index (κ3) is 2.60. The summed E-state index contributed by atoms with van der Waals surface area (Å²) in [6.07, 6.45) is 2.03. The maximum atomic E-state index is 6.09. The van der Waals surface area contributed by atoms with Crippen molar-refractivity contribution in [3.05, 3.63) is 51.7 Å². The summed E-state index contributed by atoms with van der Waals surface area (Å²) in [6, 6.07) is 9.89. The number of halogens is 2. The predicted molar refractivity (Wildman–Crippen MR) is 71.9 cm³/mol. The van der Waals surface area contributed by atoms with Crippen molar-refractivity contribution in [1.82, 2.24) is 4.57 Å². The van der Waals surface area contributed by atoms with Crippen molar-refractivity contribution in [3.63, 3.8) is 0 Å². The number of aromatic nitrogens is 1. The van der Waals surface area contributed by atoms with Crippen molar-refractivity contribution < 1.29 is 0 Å². The zero-order chi connectivity index (χ0) is 11.5. The van der Waals surface area contributed by atoms with Crippen molar-refractivity contribution in [2.45, 2.75) is 6.54 Å². The molecule has 1 N–H and O–H groups in total. The Morgan fingerprint density at radius 1 is 1.38 bits per heavy atom. The maximum absolute atomic E-state index is 6.09. The van der Waals surface area contributed by atoms with Crippen molar-refractivity contribution in [3.8, 4) is 0 Å². The summed E-state index contributed by atoms with van der Waals surface area (Å²) in [7, 11) is 2.03. The number of nitrogens with zero attached hydrogens (tertiary/aromatic N) is 1. The number of benzene rings is 1. The van der Waals surface area contributed by atoms with Crippen LogP contribution in [0.5, 0.6) is 0 Å². The molecule has 1 heterocycles. The molecule has 1 aromatic heterocycles. The Morgan fingerprint density at radius 3 is 2.88 bits per heavy atom. The van der Waals surface area contributed by atoms with Crippen molar-refractivity contribution in [1.29, 1.82) is 0 Å². The largest absolute Gasteiger partial charge is 0.378 e. The first kappa shape index (κ1) is 11.6. The third-order valence-corrected chi connectivity index (χ3v) is 3.26. The molecule has 0 saturated carbocycles. The Bertz CT molecular complexity index is 494. The van der Waals surface area contributed by atoms with E-state index in [1.807, 2.05) is 37.5 Å². The first-order valence-corrected chi connectivity index (χ1v) is 6.13. The second-order valence-corrected chi connectivity index (χ2v) is 4.91. The zero-order valence-corrected chi connectivity index (χ0v) is 11.2. The Kier molecular flexibility index (Phi) is 3.56. The lowest BCUT2D eigenvalue weighted by molar-refractivity contribution is 0.842. The quantitative estimate of drug-likeness (QED) is 0.904. The molecular weight excluding hydrogens is 288 g/mol. The lowest BCUT2D eigenvalue weighted by atomic mass is 10.3. The molecule has 0 amide bonds. The van der Waals surface area contributed by atoms with E-state index in [2.05, 4.69) is 31.9 Å². The minimum atomic E-state index is 0.734. The van der Waals surface area contributed by atoms with Gasteiger partial charge in [0.2, 0.25) is 0 Å². The molecule has 0 fully saturated rings. The van der Waals surface area contributed by atoms with Gasteiger partial charge in [0, 0.05) is 23.4 Å². The smallest absolute Gasteiger partial charge is 0.0638 e. The van der Waals surface area contributed by atoms with Gasteiger partial charge in [0.15, 0.2) is 0 Å². The van der Waals surface area contributed by atoms with Gasteiger partial charge < -0.3 is 9.88 Å². The van der Waals surface area contributed by atoms with E-state index in [-0.39, 0.29) is 0 Å². The number of aryl methyl sites for hydroxylation is 1. The molecular formula is C12H12BrClN2. The van der Waals surface area contributed by atoms with Gasteiger partial charge >= 0.3 is 0 Å². The first-order valence-electron chi connectivity index (χ1n) is 4.96. The highest BCUT2D eigenvalue weighted by molar-refractivity contribution is 9.10. The summed E-state index contributed by atoms with van der Waals surface area (Å²) in [5.41, 5.74) is 2.16. The Balaban J connectivity index is 2.10. The summed E-state index contributed by atoms with van der Waals surface area (Å²) < 4.78 is 3.10. The monoisotopic (exact) mass is 298 g/mol. The highest BCUT2D eigenvalue weighted by atomic mass is 79.9. The number of hydrogen-bond donors (Lipinski definition) is 1. The van der Waals surface area contributed by atoms with Crippen LogP contribution < -0.4 is 5.32 Å². The Labute approximate surface area is 108 Å². The highest BCUT2D eigenvalue weighted by Gasteiger charge is 2.02. The van der Waals surface area contributed by atoms with Gasteiger partial charge in [-0.05, 0) is 30.3 Å². The van der Waals surface area contributed by atoms with E-state index < -0.39 is 0 Å². The van der Waals surface area contributed by atoms with Gasteiger partial charge in [-0.3, -0.25) is 0 Å². The van der Waals surface area contributed by atoms with Crippen LogP contribution in [0.15, 0.2) is 41.0 Å². The van der Waals surface area contributed by atoms with Crippen LogP contribution in [-0.4, -0.2) is 4.57 Å². The van der Waals surface area contributed by atoms with Gasteiger partial charge in [-0.2, -0.15) is 0 Å². The molecule has 0 aliphatic carbocycles. The molecule has 1 aromatic carbocycles. The van der Waals surface area contributed by atoms with Crippen LogP contribution in [0.25, 0.3) is 0 Å². The first-order chi connectivity index (χ1) is 7.66. The molecule has 16 heavy (non-hydrogen) atoms. The van der Waals surface area contributed by atoms with E-state index in [0.29, 0.717) is 0 Å². The van der Waals surface area contributed by atoms with Crippen LogP contribution in [0.1, 0.15) is 5.69 Å². The Hall–Kier alpha value is -0.930. The molecule has 0 aliphatic heterocycles. The zero-order valence-electron chi connectivity index (χ0n) is 8.87. The predicted octanol–water partition coefficient (Wildman–Crippen LogP) is 4.05. The molecule has 0 bridgehead atoms. The van der Waals surface area contributed by atoms with Gasteiger partial charge in [0.25, 0.3) is 0 Å². The molecule has 0 saturated heterocycles. The van der Waals surface area contributed by atoms with Crippen LogP contribution in [0.4, 0.5) is 5.69 Å². The van der Waals surface area contributed by atoms with Crippen LogP contribution in [0.3, 0.4) is 0 Å². The number of anilines is 1.